The zero-order valence-electron chi connectivity index (χ0n) is 38.0. The molecule has 0 spiro atoms. The number of halogens is 1. The number of imide groups is 1. The predicted octanol–water partition coefficient (Wildman–Crippen LogP) is 3.91. The molecule has 3 aromatic carbocycles. The smallest absolute Gasteiger partial charge is 0.321 e. The van der Waals surface area contributed by atoms with Gasteiger partial charge in [0, 0.05) is 124 Å². The number of ether oxygens (including phenoxy) is 1. The molecule has 5 fully saturated rings. The minimum absolute atomic E-state index is 0.0239. The lowest BCUT2D eigenvalue weighted by Gasteiger charge is -2.39. The van der Waals surface area contributed by atoms with Gasteiger partial charge in [0.2, 0.25) is 5.91 Å². The van der Waals surface area contributed by atoms with E-state index in [0.717, 1.165) is 48.0 Å². The van der Waals surface area contributed by atoms with E-state index in [1.165, 1.54) is 4.90 Å². The number of fused-ring (bicyclic) bond motifs is 5. The van der Waals surface area contributed by atoms with Crippen molar-refractivity contribution in [2.45, 2.75) is 63.2 Å². The standard InChI is InChI=1S/C51H51FN10O7/c1-2-31-5-3-6-32-7-4-8-39(43(31)32)45-44(52)46-40(26-53-45)47(60-28-35-9-10-36(29-60)54-35)56-51(55-46)68-24-23-57-19-21-59(22-20-57)48(65)33-15-17-58(18-16-33)37-11-12-38-34(25-37)27-61(49(38)66)41-13-14-42(64)62(50(41)67)69-30-63/h1,3-8,11-12,25-26,30,33,35-36,41,54H,9-10,13-24,27-29H2. The fourth-order valence-corrected chi connectivity index (χ4v) is 11.2. The van der Waals surface area contributed by atoms with Crippen LogP contribution in [-0.2, 0) is 30.6 Å². The van der Waals surface area contributed by atoms with Crippen molar-refractivity contribution in [3.63, 3.8) is 0 Å². The van der Waals surface area contributed by atoms with Crippen molar-refractivity contribution in [3.8, 4) is 29.6 Å². The van der Waals surface area contributed by atoms with Crippen molar-refractivity contribution in [3.05, 3.63) is 83.3 Å². The molecule has 2 bridgehead atoms. The minimum Gasteiger partial charge on any atom is -0.462 e. The van der Waals surface area contributed by atoms with Crippen LogP contribution >= 0.6 is 0 Å². The lowest BCUT2D eigenvalue weighted by Crippen LogP contribution is -2.54. The van der Waals surface area contributed by atoms with Crippen LogP contribution in [0.25, 0.3) is 32.9 Å². The van der Waals surface area contributed by atoms with Crippen molar-refractivity contribution >= 4 is 63.3 Å². The molecule has 0 saturated carbocycles. The molecule has 2 aromatic heterocycles. The number of benzene rings is 3. The number of hydrogen-bond donors (Lipinski definition) is 1. The maximum Gasteiger partial charge on any atom is 0.321 e. The van der Waals surface area contributed by atoms with Gasteiger partial charge in [0.15, 0.2) is 5.82 Å². The van der Waals surface area contributed by atoms with Crippen LogP contribution in [0.3, 0.4) is 0 Å². The van der Waals surface area contributed by atoms with E-state index in [1.807, 2.05) is 53.4 Å². The molecule has 69 heavy (non-hydrogen) atoms. The molecular weight excluding hydrogens is 884 g/mol. The van der Waals surface area contributed by atoms with E-state index in [-0.39, 0.29) is 67.4 Å². The van der Waals surface area contributed by atoms with Gasteiger partial charge >= 0.3 is 12.5 Å². The highest BCUT2D eigenvalue weighted by Crippen LogP contribution is 2.38. The maximum atomic E-state index is 17.0. The zero-order valence-corrected chi connectivity index (χ0v) is 38.0. The van der Waals surface area contributed by atoms with Gasteiger partial charge in [-0.05, 0) is 67.3 Å². The number of rotatable bonds is 11. The van der Waals surface area contributed by atoms with Crippen LogP contribution in [0.15, 0.2) is 60.8 Å². The van der Waals surface area contributed by atoms with Gasteiger partial charge in [0.05, 0.1) is 5.39 Å². The lowest BCUT2D eigenvalue weighted by atomic mass is 9.94. The zero-order chi connectivity index (χ0) is 47.3. The second kappa shape index (κ2) is 18.4. The number of carbonyl (C=O) groups is 5. The highest BCUT2D eigenvalue weighted by atomic mass is 19.1. The summed E-state index contributed by atoms with van der Waals surface area (Å²) in [7, 11) is 0. The quantitative estimate of drug-likeness (QED) is 0.115. The Balaban J connectivity index is 0.707. The summed E-state index contributed by atoms with van der Waals surface area (Å²) >= 11 is 0. The van der Waals surface area contributed by atoms with Crippen LogP contribution < -0.4 is 19.9 Å². The van der Waals surface area contributed by atoms with Crippen molar-refractivity contribution < 1.29 is 37.9 Å². The van der Waals surface area contributed by atoms with Crippen molar-refractivity contribution in [1.82, 2.24) is 40.0 Å². The second-order valence-corrected chi connectivity index (χ2v) is 18.7. The van der Waals surface area contributed by atoms with E-state index in [9.17, 15) is 24.0 Å². The number of hydroxylamine groups is 2. The number of terminal acetylenes is 1. The topological polar surface area (TPSA) is 174 Å². The first-order chi connectivity index (χ1) is 33.6. The molecule has 17 nitrogen and oxygen atoms in total. The molecular formula is C51H51FN10O7. The average molecular weight is 935 g/mol. The molecule has 18 heteroatoms. The number of nitrogens with zero attached hydrogens (tertiary/aromatic N) is 9. The average Bonchev–Trinajstić information content (AvgIpc) is 3.90. The number of pyridine rings is 1. The summed E-state index contributed by atoms with van der Waals surface area (Å²) in [4.78, 5) is 92.2. The molecule has 6 aliphatic rings. The number of anilines is 2. The monoisotopic (exact) mass is 934 g/mol. The number of carbonyl (C=O) groups excluding carboxylic acids is 5. The number of piperazine rings is 2. The summed E-state index contributed by atoms with van der Waals surface area (Å²) < 4.78 is 23.2. The van der Waals surface area contributed by atoms with Crippen LogP contribution in [-0.4, -0.2) is 148 Å². The Kier molecular flexibility index (Phi) is 11.8. The molecule has 1 N–H and O–H groups in total. The van der Waals surface area contributed by atoms with Gasteiger partial charge in [-0.3, -0.25) is 33.9 Å². The summed E-state index contributed by atoms with van der Waals surface area (Å²) in [5, 5.41) is 6.28. The van der Waals surface area contributed by atoms with Crippen molar-refractivity contribution in [1.29, 1.82) is 0 Å². The third-order valence-electron chi connectivity index (χ3n) is 14.8. The fourth-order valence-electron chi connectivity index (χ4n) is 11.2. The fraction of sp³-hybridized carbons (Fsp3) is 0.412. The summed E-state index contributed by atoms with van der Waals surface area (Å²) in [6.07, 6.45) is 11.2. The van der Waals surface area contributed by atoms with Gasteiger partial charge in [0.1, 0.15) is 29.7 Å². The molecule has 3 unspecified atom stereocenters. The third kappa shape index (κ3) is 8.22. The van der Waals surface area contributed by atoms with E-state index in [2.05, 4.69) is 40.7 Å². The molecule has 8 heterocycles. The summed E-state index contributed by atoms with van der Waals surface area (Å²) in [6, 6.07) is 16.8. The van der Waals surface area contributed by atoms with Gasteiger partial charge in [-0.25, -0.2) is 4.39 Å². The molecule has 5 saturated heterocycles. The van der Waals surface area contributed by atoms with E-state index in [4.69, 9.17) is 16.1 Å². The van der Waals surface area contributed by atoms with E-state index >= 15 is 4.39 Å². The number of hydrogen-bond acceptors (Lipinski definition) is 14. The Bertz CT molecular complexity index is 2930. The molecule has 0 aliphatic carbocycles. The SMILES string of the molecule is C#Cc1cccc2cccc(-c3ncc4c(N5CC6CCC(C5)N6)nc(OCCN5CCN(C(=O)C6CCN(c7ccc8c(c7)CN(C7CCC(=O)N(OC=O)C7=O)C8=O)CC6)CC5)nc4c3F)c12. The van der Waals surface area contributed by atoms with Crippen LogP contribution in [0.1, 0.15) is 60.0 Å². The van der Waals surface area contributed by atoms with Gasteiger partial charge < -0.3 is 34.5 Å². The first-order valence-corrected chi connectivity index (χ1v) is 23.8. The van der Waals surface area contributed by atoms with Crippen LogP contribution in [0.4, 0.5) is 15.9 Å². The Morgan fingerprint density at radius 3 is 2.42 bits per heavy atom. The third-order valence-corrected chi connectivity index (χ3v) is 14.8. The Hall–Kier alpha value is -7.23. The van der Waals surface area contributed by atoms with Gasteiger partial charge in [-0.15, -0.1) is 11.5 Å². The van der Waals surface area contributed by atoms with Crippen molar-refractivity contribution in [2.75, 3.05) is 75.3 Å². The predicted molar refractivity (Wildman–Crippen MR) is 252 cm³/mol. The van der Waals surface area contributed by atoms with Gasteiger partial charge in [-0.1, -0.05) is 36.3 Å². The maximum absolute atomic E-state index is 17.0. The number of piperidine rings is 2. The molecule has 11 rings (SSSR count). The van der Waals surface area contributed by atoms with Gasteiger partial charge in [-0.2, -0.15) is 9.97 Å². The normalized spacial score (nSPS) is 22.1. The molecule has 4 amide bonds. The molecule has 0 radical (unpaired) electrons. The Morgan fingerprint density at radius 1 is 0.899 bits per heavy atom. The number of nitrogens with one attached hydrogen (secondary N) is 1. The van der Waals surface area contributed by atoms with Crippen LogP contribution in [0, 0.1) is 24.1 Å². The lowest BCUT2D eigenvalue weighted by molar-refractivity contribution is -0.200. The van der Waals surface area contributed by atoms with E-state index in [0.29, 0.717) is 104 Å². The molecule has 3 atom stereocenters. The Morgan fingerprint density at radius 2 is 1.67 bits per heavy atom. The summed E-state index contributed by atoms with van der Waals surface area (Å²) in [6.45, 7) is 6.49. The van der Waals surface area contributed by atoms with Gasteiger partial charge in [0.25, 0.3) is 17.7 Å². The summed E-state index contributed by atoms with van der Waals surface area (Å²) in [5.41, 5.74) is 3.77. The first-order valence-electron chi connectivity index (χ1n) is 23.8. The largest absolute Gasteiger partial charge is 0.462 e. The van der Waals surface area contributed by atoms with E-state index in [1.54, 1.807) is 12.3 Å². The molecule has 354 valence electrons. The molecule has 5 aromatic rings. The number of amides is 4. The first kappa shape index (κ1) is 44.3. The highest BCUT2D eigenvalue weighted by Gasteiger charge is 2.44. The van der Waals surface area contributed by atoms with E-state index < -0.39 is 23.7 Å². The highest BCUT2D eigenvalue weighted by molar-refractivity contribution is 6.05. The molecule has 6 aliphatic heterocycles. The van der Waals surface area contributed by atoms with Crippen LogP contribution in [0.2, 0.25) is 0 Å². The summed E-state index contributed by atoms with van der Waals surface area (Å²) in [5.74, 6) is 1.21. The Labute approximate surface area is 397 Å². The second-order valence-electron chi connectivity index (χ2n) is 18.7. The number of aromatic nitrogens is 3. The van der Waals surface area contributed by atoms with Crippen molar-refractivity contribution in [2.24, 2.45) is 5.92 Å². The minimum atomic E-state index is -0.911. The van der Waals surface area contributed by atoms with Crippen LogP contribution in [0.5, 0.6) is 6.01 Å².